The molecule has 0 fully saturated rings. The Morgan fingerprint density at radius 3 is 1.84 bits per heavy atom. The van der Waals surface area contributed by atoms with Crippen LogP contribution in [0.25, 0.3) is 0 Å². The van der Waals surface area contributed by atoms with E-state index in [0.29, 0.717) is 0 Å². The quantitative estimate of drug-likeness (QED) is 0.547. The van der Waals surface area contributed by atoms with Crippen LogP contribution in [0.1, 0.15) is 6.42 Å². The molecule has 0 aromatic heterocycles. The van der Waals surface area contributed by atoms with E-state index < -0.39 is 43.6 Å². The minimum Gasteiger partial charge on any atom is -0.462 e. The van der Waals surface area contributed by atoms with Gasteiger partial charge in [0.25, 0.3) is 5.95 Å². The van der Waals surface area contributed by atoms with E-state index in [1.54, 1.807) is 0 Å². The molecule has 1 atom stereocenters. The van der Waals surface area contributed by atoms with Crippen LogP contribution >= 0.6 is 0 Å². The van der Waals surface area contributed by atoms with Crippen molar-refractivity contribution in [3.05, 3.63) is 12.5 Å². The van der Waals surface area contributed by atoms with Gasteiger partial charge < -0.3 is 9.47 Å². The summed E-state index contributed by atoms with van der Waals surface area (Å²) in [5, 5.41) is 0. The predicted octanol–water partition coefficient (Wildman–Crippen LogP) is 3.94. The number of halogens is 9. The fourth-order valence-corrected chi connectivity index (χ4v) is 0.726. The van der Waals surface area contributed by atoms with E-state index in [4.69, 9.17) is 0 Å². The Labute approximate surface area is 100 Å². The molecule has 0 aliphatic carbocycles. The van der Waals surface area contributed by atoms with Crippen LogP contribution in [-0.2, 0) is 9.47 Å². The number of hydrogen-bond acceptors (Lipinski definition) is 2. The Kier molecular flexibility index (Phi) is 5.39. The molecular weight excluding hydrogens is 299 g/mol. The maximum absolute atomic E-state index is 12.5. The van der Waals surface area contributed by atoms with E-state index in [-0.39, 0.29) is 0 Å². The Morgan fingerprint density at radius 1 is 1.00 bits per heavy atom. The van der Waals surface area contributed by atoms with E-state index in [0.717, 1.165) is 0 Å². The first kappa shape index (κ1) is 17.7. The number of hydrogen-bond donors (Lipinski definition) is 0. The number of ether oxygens (including phenoxy) is 2. The maximum atomic E-state index is 12.5. The van der Waals surface area contributed by atoms with Crippen molar-refractivity contribution in [1.29, 1.82) is 0 Å². The average Bonchev–Trinajstić information content (AvgIpc) is 2.07. The fourth-order valence-electron chi connectivity index (χ4n) is 0.726. The van der Waals surface area contributed by atoms with Gasteiger partial charge in [-0.15, -0.1) is 0 Å². The van der Waals surface area contributed by atoms with E-state index in [1.807, 2.05) is 0 Å². The molecule has 114 valence electrons. The summed E-state index contributed by atoms with van der Waals surface area (Å²) in [5.41, 5.74) is 0. The van der Waals surface area contributed by atoms with Gasteiger partial charge in [0, 0.05) is 0 Å². The molecule has 0 saturated carbocycles. The average molecular weight is 306 g/mol. The monoisotopic (exact) mass is 306 g/mol. The predicted molar refractivity (Wildman–Crippen MR) is 42.7 cm³/mol. The summed E-state index contributed by atoms with van der Waals surface area (Å²) in [4.78, 5) is 0. The van der Waals surface area contributed by atoms with Crippen molar-refractivity contribution in [2.24, 2.45) is 0 Å². The lowest BCUT2D eigenvalue weighted by molar-refractivity contribution is -0.293. The first-order chi connectivity index (χ1) is 8.23. The summed E-state index contributed by atoms with van der Waals surface area (Å²) in [6.45, 7) is 0.739. The number of rotatable bonds is 6. The van der Waals surface area contributed by atoms with Gasteiger partial charge in [-0.3, -0.25) is 0 Å². The topological polar surface area (TPSA) is 18.5 Å². The normalized spacial score (nSPS) is 15.0. The van der Waals surface area contributed by atoms with Crippen LogP contribution in [-0.4, -0.2) is 31.2 Å². The lowest BCUT2D eigenvalue weighted by Crippen LogP contribution is -2.31. The largest absolute Gasteiger partial charge is 0.462 e. The van der Waals surface area contributed by atoms with Gasteiger partial charge >= 0.3 is 18.5 Å². The molecule has 0 heterocycles. The molecule has 1 unspecified atom stereocenters. The Morgan fingerprint density at radius 2 is 1.47 bits per heavy atom. The summed E-state index contributed by atoms with van der Waals surface area (Å²) >= 11 is 0. The van der Waals surface area contributed by atoms with Gasteiger partial charge in [0.15, 0.2) is 0 Å². The molecule has 0 bridgehead atoms. The Balaban J connectivity index is 4.25. The highest BCUT2D eigenvalue weighted by molar-refractivity contribution is 4.75. The highest BCUT2D eigenvalue weighted by atomic mass is 19.4. The maximum Gasteiger partial charge on any atom is 0.423 e. The molecule has 0 aromatic carbocycles. The minimum absolute atomic E-state index is 1.55. The third-order valence-electron chi connectivity index (χ3n) is 1.42. The molecule has 0 spiro atoms. The first-order valence-electron chi connectivity index (χ1n) is 4.39. The zero-order chi connectivity index (χ0) is 15.5. The second-order valence-electron chi connectivity index (χ2n) is 3.22. The van der Waals surface area contributed by atoms with E-state index >= 15 is 0 Å². The van der Waals surface area contributed by atoms with Crippen LogP contribution in [0.4, 0.5) is 39.5 Å². The van der Waals surface area contributed by atoms with Gasteiger partial charge in [0.1, 0.15) is 13.0 Å². The van der Waals surface area contributed by atoms with Crippen LogP contribution in [0.15, 0.2) is 12.5 Å². The molecule has 19 heavy (non-hydrogen) atoms. The van der Waals surface area contributed by atoms with Gasteiger partial charge in [-0.1, -0.05) is 0 Å². The van der Waals surface area contributed by atoms with Crippen LogP contribution in [0.3, 0.4) is 0 Å². The van der Waals surface area contributed by atoms with Gasteiger partial charge in [0.05, 0.1) is 0 Å². The van der Waals surface area contributed by atoms with Crippen LogP contribution in [0.5, 0.6) is 0 Å². The van der Waals surface area contributed by atoms with Gasteiger partial charge in [-0.2, -0.15) is 35.1 Å². The van der Waals surface area contributed by atoms with E-state index in [1.165, 1.54) is 0 Å². The molecule has 0 radical (unpaired) electrons. The van der Waals surface area contributed by atoms with Gasteiger partial charge in [-0.25, -0.2) is 4.39 Å². The summed E-state index contributed by atoms with van der Waals surface area (Å²) in [5.74, 6) is -1.55. The summed E-state index contributed by atoms with van der Waals surface area (Å²) in [6, 6.07) is 0. The number of alkyl halides is 9. The Bertz CT molecular complexity index is 306. The second kappa shape index (κ2) is 5.78. The summed E-state index contributed by atoms with van der Waals surface area (Å²) in [7, 11) is 0. The summed E-state index contributed by atoms with van der Waals surface area (Å²) < 4.78 is 114. The van der Waals surface area contributed by atoms with Crippen molar-refractivity contribution in [1.82, 2.24) is 0 Å². The van der Waals surface area contributed by atoms with Crippen molar-refractivity contribution in [3.8, 4) is 0 Å². The highest BCUT2D eigenvalue weighted by Crippen LogP contribution is 2.34. The second-order valence-corrected chi connectivity index (χ2v) is 3.22. The Hall–Kier alpha value is -1.29. The van der Waals surface area contributed by atoms with Crippen molar-refractivity contribution < 1.29 is 49.0 Å². The molecule has 11 heteroatoms. The SMILES string of the molecule is C=C(OCC(F)C(F)(F)F)OC(F)(F)CC(F)(F)F. The van der Waals surface area contributed by atoms with Crippen LogP contribution in [0.2, 0.25) is 0 Å². The zero-order valence-corrected chi connectivity index (χ0v) is 8.92. The van der Waals surface area contributed by atoms with Crippen molar-refractivity contribution in [3.63, 3.8) is 0 Å². The summed E-state index contributed by atoms with van der Waals surface area (Å²) in [6.07, 6.45) is -21.6. The van der Waals surface area contributed by atoms with Gasteiger partial charge in [-0.05, 0) is 6.58 Å². The lowest BCUT2D eigenvalue weighted by Gasteiger charge is -2.21. The highest BCUT2D eigenvalue weighted by Gasteiger charge is 2.47. The van der Waals surface area contributed by atoms with Crippen LogP contribution in [0, 0.1) is 0 Å². The van der Waals surface area contributed by atoms with Crippen molar-refractivity contribution in [2.75, 3.05) is 6.61 Å². The van der Waals surface area contributed by atoms with Gasteiger partial charge in [0.2, 0.25) is 6.17 Å². The third kappa shape index (κ3) is 8.43. The minimum atomic E-state index is -5.30. The molecule has 0 saturated heterocycles. The van der Waals surface area contributed by atoms with Crippen molar-refractivity contribution in [2.45, 2.75) is 31.1 Å². The molecule has 0 N–H and O–H groups in total. The van der Waals surface area contributed by atoms with Crippen LogP contribution < -0.4 is 0 Å². The first-order valence-corrected chi connectivity index (χ1v) is 4.39. The molecular formula is C8H7F9O2. The van der Waals surface area contributed by atoms with Crippen molar-refractivity contribution >= 4 is 0 Å². The lowest BCUT2D eigenvalue weighted by atomic mass is 10.4. The molecule has 2 nitrogen and oxygen atoms in total. The molecule has 0 aliphatic heterocycles. The molecule has 0 amide bonds. The van der Waals surface area contributed by atoms with E-state index in [2.05, 4.69) is 16.1 Å². The van der Waals surface area contributed by atoms with E-state index in [9.17, 15) is 39.5 Å². The zero-order valence-electron chi connectivity index (χ0n) is 8.92. The third-order valence-corrected chi connectivity index (χ3v) is 1.42. The molecule has 0 aromatic rings. The standard InChI is InChI=1S/C8H7F9O2/c1-4(18-2-5(9)8(15,16)17)19-7(13,14)3-6(10,11)12/h5H,1-3H2. The molecule has 0 aliphatic rings. The fraction of sp³-hybridized carbons (Fsp3) is 0.750. The smallest absolute Gasteiger partial charge is 0.423 e. The molecule has 0 rings (SSSR count).